The minimum atomic E-state index is -0.0585. The van der Waals surface area contributed by atoms with Crippen molar-refractivity contribution in [1.82, 2.24) is 0 Å². The molecule has 3 aliphatic carbocycles. The molecular weight excluding hydrogens is 222 g/mol. The Hall–Kier alpha value is -1.31. The first-order chi connectivity index (χ1) is 8.70. The van der Waals surface area contributed by atoms with E-state index in [9.17, 15) is 4.79 Å². The maximum absolute atomic E-state index is 12.6. The van der Waals surface area contributed by atoms with Gasteiger partial charge in [0.2, 0.25) is 5.91 Å². The van der Waals surface area contributed by atoms with E-state index in [1.165, 1.54) is 19.3 Å². The number of anilines is 1. The zero-order chi connectivity index (χ0) is 12.6. The van der Waals surface area contributed by atoms with Gasteiger partial charge in [-0.15, -0.1) is 0 Å². The number of nitrogens with one attached hydrogen (secondary N) is 1. The predicted octanol–water partition coefficient (Wildman–Crippen LogP) is 3.90. The number of carbonyl (C=O) groups excluding carboxylic acids is 1. The Labute approximate surface area is 109 Å². The molecule has 96 valence electrons. The Morgan fingerprint density at radius 2 is 1.78 bits per heavy atom. The number of hydrogen-bond donors (Lipinski definition) is 1. The summed E-state index contributed by atoms with van der Waals surface area (Å²) in [5.74, 6) is 1.16. The van der Waals surface area contributed by atoms with Crippen LogP contribution < -0.4 is 5.32 Å². The molecule has 0 aromatic heterocycles. The lowest BCUT2D eigenvalue weighted by atomic mass is 9.60. The van der Waals surface area contributed by atoms with Crippen LogP contribution in [0.5, 0.6) is 0 Å². The molecule has 0 aliphatic heterocycles. The lowest BCUT2D eigenvalue weighted by Gasteiger charge is -2.45. The Balaban J connectivity index is 1.77. The molecule has 3 fully saturated rings. The molecule has 2 heteroatoms. The Bertz CT molecular complexity index is 444. The highest BCUT2D eigenvalue weighted by Crippen LogP contribution is 2.50. The van der Waals surface area contributed by atoms with Gasteiger partial charge in [0.25, 0.3) is 0 Å². The topological polar surface area (TPSA) is 29.1 Å². The second kappa shape index (κ2) is 4.42. The zero-order valence-corrected chi connectivity index (χ0v) is 11.0. The molecule has 3 saturated carbocycles. The second-order valence-electron chi connectivity index (χ2n) is 6.03. The van der Waals surface area contributed by atoms with Gasteiger partial charge in [0.05, 0.1) is 0 Å². The molecule has 2 bridgehead atoms. The quantitative estimate of drug-likeness (QED) is 0.838. The van der Waals surface area contributed by atoms with Crippen molar-refractivity contribution >= 4 is 11.6 Å². The van der Waals surface area contributed by atoms with E-state index in [1.807, 2.05) is 31.2 Å². The molecule has 1 amide bonds. The average Bonchev–Trinajstić information content (AvgIpc) is 2.43. The van der Waals surface area contributed by atoms with Crippen molar-refractivity contribution in [2.45, 2.75) is 45.4 Å². The molecule has 18 heavy (non-hydrogen) atoms. The van der Waals surface area contributed by atoms with Crippen LogP contribution in [0, 0.1) is 18.3 Å². The molecular formula is C16H21NO. The molecule has 4 rings (SSSR count). The zero-order valence-electron chi connectivity index (χ0n) is 11.0. The lowest BCUT2D eigenvalue weighted by molar-refractivity contribution is -0.131. The van der Waals surface area contributed by atoms with Crippen LogP contribution in [-0.4, -0.2) is 5.91 Å². The number of rotatable bonds is 2. The molecule has 0 radical (unpaired) electrons. The molecule has 0 spiro atoms. The summed E-state index contributed by atoms with van der Waals surface area (Å²) in [7, 11) is 0. The molecule has 1 aromatic carbocycles. The van der Waals surface area contributed by atoms with Crippen LogP contribution in [-0.2, 0) is 4.79 Å². The summed E-state index contributed by atoms with van der Waals surface area (Å²) >= 11 is 0. The standard InChI is InChI=1S/C16H21NO/c1-12-4-2-3-5-14(12)17-15(18)16-9-6-13(7-10-16)8-11-16/h2-5,13H,6-11H2,1H3,(H,17,18). The maximum atomic E-state index is 12.6. The van der Waals surface area contributed by atoms with Crippen LogP contribution in [0.15, 0.2) is 24.3 Å². The van der Waals surface area contributed by atoms with Gasteiger partial charge in [0.15, 0.2) is 0 Å². The van der Waals surface area contributed by atoms with Gasteiger partial charge in [-0.05, 0) is 63.0 Å². The van der Waals surface area contributed by atoms with E-state index in [-0.39, 0.29) is 11.3 Å². The lowest BCUT2D eigenvalue weighted by Crippen LogP contribution is -2.43. The van der Waals surface area contributed by atoms with Gasteiger partial charge in [-0.25, -0.2) is 0 Å². The third-order valence-corrected chi connectivity index (χ3v) is 4.97. The van der Waals surface area contributed by atoms with Crippen LogP contribution in [0.2, 0.25) is 0 Å². The van der Waals surface area contributed by atoms with Crippen molar-refractivity contribution in [3.63, 3.8) is 0 Å². The van der Waals surface area contributed by atoms with E-state index in [4.69, 9.17) is 0 Å². The summed E-state index contributed by atoms with van der Waals surface area (Å²) in [6.45, 7) is 2.05. The average molecular weight is 243 g/mol. The SMILES string of the molecule is Cc1ccccc1NC(=O)C12CCC(CC1)CC2. The van der Waals surface area contributed by atoms with Crippen LogP contribution >= 0.6 is 0 Å². The molecule has 1 N–H and O–H groups in total. The van der Waals surface area contributed by atoms with Crippen molar-refractivity contribution in [2.75, 3.05) is 5.32 Å². The Kier molecular flexibility index (Phi) is 2.89. The normalized spacial score (nSPS) is 30.2. The first-order valence-corrected chi connectivity index (χ1v) is 7.07. The van der Waals surface area contributed by atoms with E-state index < -0.39 is 0 Å². The molecule has 0 unspecified atom stereocenters. The Morgan fingerprint density at radius 1 is 1.17 bits per heavy atom. The highest BCUT2D eigenvalue weighted by molar-refractivity contribution is 5.96. The monoisotopic (exact) mass is 243 g/mol. The van der Waals surface area contributed by atoms with Gasteiger partial charge >= 0.3 is 0 Å². The van der Waals surface area contributed by atoms with Gasteiger partial charge in [-0.3, -0.25) is 4.79 Å². The summed E-state index contributed by atoms with van der Waals surface area (Å²) < 4.78 is 0. The van der Waals surface area contributed by atoms with E-state index in [0.29, 0.717) is 0 Å². The van der Waals surface area contributed by atoms with E-state index in [2.05, 4.69) is 5.32 Å². The third kappa shape index (κ3) is 1.94. The highest BCUT2D eigenvalue weighted by Gasteiger charge is 2.45. The predicted molar refractivity (Wildman–Crippen MR) is 73.4 cm³/mol. The highest BCUT2D eigenvalue weighted by atomic mass is 16.2. The number of para-hydroxylation sites is 1. The van der Waals surface area contributed by atoms with E-state index in [1.54, 1.807) is 0 Å². The van der Waals surface area contributed by atoms with Gasteiger partial charge in [0.1, 0.15) is 0 Å². The van der Waals surface area contributed by atoms with Gasteiger partial charge < -0.3 is 5.32 Å². The molecule has 0 heterocycles. The summed E-state index contributed by atoms with van der Waals surface area (Å²) in [5.41, 5.74) is 2.06. The minimum absolute atomic E-state index is 0.0585. The largest absolute Gasteiger partial charge is 0.325 e. The number of hydrogen-bond acceptors (Lipinski definition) is 1. The summed E-state index contributed by atoms with van der Waals surface area (Å²) in [5, 5.41) is 3.16. The Morgan fingerprint density at radius 3 is 2.39 bits per heavy atom. The summed E-state index contributed by atoms with van der Waals surface area (Å²) in [4.78, 5) is 12.6. The van der Waals surface area contributed by atoms with Crippen molar-refractivity contribution < 1.29 is 4.79 Å². The van der Waals surface area contributed by atoms with E-state index in [0.717, 1.165) is 36.4 Å². The van der Waals surface area contributed by atoms with Crippen molar-refractivity contribution in [3.05, 3.63) is 29.8 Å². The van der Waals surface area contributed by atoms with Crippen LogP contribution in [0.4, 0.5) is 5.69 Å². The van der Waals surface area contributed by atoms with Crippen LogP contribution in [0.1, 0.15) is 44.1 Å². The molecule has 0 atom stereocenters. The number of benzene rings is 1. The van der Waals surface area contributed by atoms with Crippen molar-refractivity contribution in [3.8, 4) is 0 Å². The minimum Gasteiger partial charge on any atom is -0.325 e. The third-order valence-electron chi connectivity index (χ3n) is 4.97. The van der Waals surface area contributed by atoms with Gasteiger partial charge in [-0.2, -0.15) is 0 Å². The number of fused-ring (bicyclic) bond motifs is 3. The van der Waals surface area contributed by atoms with Crippen molar-refractivity contribution in [1.29, 1.82) is 0 Å². The maximum Gasteiger partial charge on any atom is 0.230 e. The molecule has 2 nitrogen and oxygen atoms in total. The van der Waals surface area contributed by atoms with Crippen molar-refractivity contribution in [2.24, 2.45) is 11.3 Å². The number of aryl methyl sites for hydroxylation is 1. The number of carbonyl (C=O) groups is 1. The van der Waals surface area contributed by atoms with E-state index >= 15 is 0 Å². The number of amides is 1. The first kappa shape index (κ1) is 11.8. The second-order valence-corrected chi connectivity index (χ2v) is 6.03. The fourth-order valence-corrected chi connectivity index (χ4v) is 3.56. The van der Waals surface area contributed by atoms with Gasteiger partial charge in [0, 0.05) is 11.1 Å². The smallest absolute Gasteiger partial charge is 0.230 e. The summed E-state index contributed by atoms with van der Waals surface area (Å²) in [6.07, 6.45) is 7.03. The van der Waals surface area contributed by atoms with Crippen LogP contribution in [0.3, 0.4) is 0 Å². The van der Waals surface area contributed by atoms with Gasteiger partial charge in [-0.1, -0.05) is 18.2 Å². The molecule has 3 aliphatic rings. The summed E-state index contributed by atoms with van der Waals surface area (Å²) in [6, 6.07) is 8.04. The first-order valence-electron chi connectivity index (χ1n) is 7.07. The molecule has 1 aromatic rings. The van der Waals surface area contributed by atoms with Crippen LogP contribution in [0.25, 0.3) is 0 Å². The fourth-order valence-electron chi connectivity index (χ4n) is 3.56. The molecule has 0 saturated heterocycles. The fraction of sp³-hybridized carbons (Fsp3) is 0.562.